The van der Waals surface area contributed by atoms with Crippen LogP contribution in [0, 0.1) is 6.92 Å². The second kappa shape index (κ2) is 6.44. The van der Waals surface area contributed by atoms with Crippen molar-refractivity contribution in [2.45, 2.75) is 6.92 Å². The van der Waals surface area contributed by atoms with E-state index in [1.807, 2.05) is 31.2 Å². The molecule has 2 aromatic carbocycles. The van der Waals surface area contributed by atoms with Gasteiger partial charge >= 0.3 is 6.97 Å². The molecule has 0 bridgehead atoms. The van der Waals surface area contributed by atoms with Crippen LogP contribution in [0.15, 0.2) is 78.5 Å². The van der Waals surface area contributed by atoms with Crippen LogP contribution in [0.2, 0.25) is 10.2 Å². The first kappa shape index (κ1) is 18.4. The van der Waals surface area contributed by atoms with Gasteiger partial charge in [-0.2, -0.15) is 0 Å². The van der Waals surface area contributed by atoms with Crippen LogP contribution in [-0.4, -0.2) is 21.6 Å². The van der Waals surface area contributed by atoms with Gasteiger partial charge in [0.1, 0.15) is 0 Å². The van der Waals surface area contributed by atoms with Crippen molar-refractivity contribution in [1.82, 2.24) is 4.48 Å². The Labute approximate surface area is 177 Å². The second-order valence-corrected chi connectivity index (χ2v) is 8.05. The van der Waals surface area contributed by atoms with E-state index >= 15 is 8.63 Å². The van der Waals surface area contributed by atoms with Crippen molar-refractivity contribution in [3.05, 3.63) is 111 Å². The summed E-state index contributed by atoms with van der Waals surface area (Å²) in [6, 6.07) is 17.9. The lowest BCUT2D eigenvalue weighted by molar-refractivity contribution is -0.360. The zero-order chi connectivity index (χ0) is 20.3. The number of aromatic nitrogens is 1. The van der Waals surface area contributed by atoms with E-state index in [0.717, 1.165) is 25.7 Å². The summed E-state index contributed by atoms with van der Waals surface area (Å²) >= 11 is 12.2. The molecule has 0 saturated heterocycles. The molecule has 5 rings (SSSR count). The number of aryl methyl sites for hydroxylation is 1. The molecule has 0 atom stereocenters. The zero-order valence-electron chi connectivity index (χ0n) is 15.4. The topological polar surface area (TPSA) is 7.94 Å². The van der Waals surface area contributed by atoms with Crippen LogP contribution < -0.4 is 0 Å². The van der Waals surface area contributed by atoms with E-state index in [9.17, 15) is 0 Å². The molecule has 0 amide bonds. The maximum atomic E-state index is 15.8. The monoisotopic (exact) mass is 426 g/mol. The number of hydrogen-bond donors (Lipinski definition) is 0. The molecule has 2 aliphatic rings. The van der Waals surface area contributed by atoms with Gasteiger partial charge in [0.05, 0.1) is 10.7 Å². The summed E-state index contributed by atoms with van der Waals surface area (Å²) < 4.78 is 33.6. The molecule has 3 heterocycles. The standard InChI is InChI=1S/C22H15BCl2F2N2/c1-14-2-4-16(5-3-14)22-19-11-10-18(15-6-8-17(24)9-7-15)28(19)23(26,27)29-20(22)12-13-21(29)25/h2-13H,1H3. The van der Waals surface area contributed by atoms with E-state index in [2.05, 4.69) is 0 Å². The fourth-order valence-corrected chi connectivity index (χ4v) is 4.45. The highest BCUT2D eigenvalue weighted by molar-refractivity contribution is 6.60. The van der Waals surface area contributed by atoms with Gasteiger partial charge in [0.25, 0.3) is 0 Å². The normalized spacial score (nSPS) is 17.0. The Morgan fingerprint density at radius 2 is 1.48 bits per heavy atom. The number of nitrogens with zero attached hydrogens (tertiary/aromatic N) is 2. The van der Waals surface area contributed by atoms with Gasteiger partial charge in [-0.1, -0.05) is 53.0 Å². The summed E-state index contributed by atoms with van der Waals surface area (Å²) in [6.45, 7) is -2.17. The Balaban J connectivity index is 1.85. The Morgan fingerprint density at radius 3 is 2.17 bits per heavy atom. The van der Waals surface area contributed by atoms with Crippen LogP contribution in [0.25, 0.3) is 5.57 Å². The summed E-state index contributed by atoms with van der Waals surface area (Å²) in [5, 5.41) is 0.565. The SMILES string of the molecule is Cc1ccc(C2=C3C=CC(c4ccc(Cl)cc4)=[N+]3[B-](F)(F)n3c(Cl)ccc32)cc1. The van der Waals surface area contributed by atoms with Crippen molar-refractivity contribution in [3.63, 3.8) is 0 Å². The molecule has 0 fully saturated rings. The van der Waals surface area contributed by atoms with Gasteiger partial charge in [-0.15, -0.1) is 0 Å². The van der Waals surface area contributed by atoms with Crippen molar-refractivity contribution in [3.8, 4) is 0 Å². The fraction of sp³-hybridized carbons (Fsp3) is 0.0455. The van der Waals surface area contributed by atoms with Gasteiger partial charge in [0.15, 0.2) is 11.4 Å². The average molecular weight is 427 g/mol. The smallest absolute Gasteiger partial charge is 0.389 e. The summed E-state index contributed by atoms with van der Waals surface area (Å²) in [7, 11) is 0. The van der Waals surface area contributed by atoms with Crippen molar-refractivity contribution in [2.75, 3.05) is 0 Å². The molecule has 3 aromatic rings. The first-order chi connectivity index (χ1) is 13.9. The molecule has 0 aliphatic carbocycles. The quantitative estimate of drug-likeness (QED) is 0.433. The summed E-state index contributed by atoms with van der Waals surface area (Å²) in [5.74, 6) is 0. The van der Waals surface area contributed by atoms with Crippen LogP contribution in [0.4, 0.5) is 8.63 Å². The molecule has 2 nitrogen and oxygen atoms in total. The molecule has 1 aromatic heterocycles. The lowest BCUT2D eigenvalue weighted by atomic mass is 9.85. The van der Waals surface area contributed by atoms with Crippen molar-refractivity contribution >= 4 is 41.5 Å². The fourth-order valence-electron chi connectivity index (χ4n) is 4.05. The first-order valence-corrected chi connectivity index (χ1v) is 9.95. The number of allylic oxidation sites excluding steroid dienone is 2. The Kier molecular flexibility index (Phi) is 4.09. The Morgan fingerprint density at radius 1 is 0.828 bits per heavy atom. The van der Waals surface area contributed by atoms with Crippen molar-refractivity contribution in [1.29, 1.82) is 0 Å². The number of rotatable bonds is 2. The molecular weight excluding hydrogens is 412 g/mol. The van der Waals surface area contributed by atoms with E-state index in [4.69, 9.17) is 23.2 Å². The molecule has 2 aliphatic heterocycles. The predicted octanol–water partition coefficient (Wildman–Crippen LogP) is 6.17. The van der Waals surface area contributed by atoms with Gasteiger partial charge in [-0.3, -0.25) is 0 Å². The van der Waals surface area contributed by atoms with Gasteiger partial charge in [-0.05, 0) is 48.9 Å². The minimum atomic E-state index is -4.17. The molecule has 0 saturated carbocycles. The predicted molar refractivity (Wildman–Crippen MR) is 115 cm³/mol. The van der Waals surface area contributed by atoms with Gasteiger partial charge in [0.2, 0.25) is 0 Å². The van der Waals surface area contributed by atoms with Crippen LogP contribution in [0.1, 0.15) is 22.4 Å². The first-order valence-electron chi connectivity index (χ1n) is 9.19. The van der Waals surface area contributed by atoms with E-state index < -0.39 is 6.97 Å². The third-order valence-electron chi connectivity index (χ3n) is 5.40. The third kappa shape index (κ3) is 2.72. The maximum absolute atomic E-state index is 15.8. The maximum Gasteiger partial charge on any atom is 0.738 e. The highest BCUT2D eigenvalue weighted by atomic mass is 35.5. The molecule has 0 spiro atoms. The summed E-state index contributed by atoms with van der Waals surface area (Å²) in [4.78, 5) is 0. The lowest BCUT2D eigenvalue weighted by Crippen LogP contribution is -2.51. The molecular formula is C22H15BCl2F2N2. The van der Waals surface area contributed by atoms with Gasteiger partial charge in [-0.25, -0.2) is 0 Å². The minimum absolute atomic E-state index is 0.0102. The molecule has 0 N–H and O–H groups in total. The minimum Gasteiger partial charge on any atom is -0.389 e. The molecule has 29 heavy (non-hydrogen) atoms. The Bertz CT molecular complexity index is 1240. The number of benzene rings is 2. The lowest BCUT2D eigenvalue weighted by Gasteiger charge is -2.32. The van der Waals surface area contributed by atoms with E-state index in [0.29, 0.717) is 27.7 Å². The summed E-state index contributed by atoms with van der Waals surface area (Å²) in [5.41, 5.74) is 4.65. The van der Waals surface area contributed by atoms with E-state index in [1.165, 1.54) is 6.07 Å². The van der Waals surface area contributed by atoms with Gasteiger partial charge < -0.3 is 17.6 Å². The van der Waals surface area contributed by atoms with Crippen LogP contribution in [-0.2, 0) is 0 Å². The van der Waals surface area contributed by atoms with Crippen LogP contribution >= 0.6 is 23.2 Å². The van der Waals surface area contributed by atoms with Crippen molar-refractivity contribution < 1.29 is 13.1 Å². The van der Waals surface area contributed by atoms with Gasteiger partial charge in [0, 0.05) is 28.4 Å². The molecule has 144 valence electrons. The van der Waals surface area contributed by atoms with E-state index in [1.54, 1.807) is 42.5 Å². The molecule has 7 heteroatoms. The zero-order valence-corrected chi connectivity index (χ0v) is 16.9. The number of fused-ring (bicyclic) bond motifs is 2. The Hall–Kier alpha value is -2.63. The molecule has 0 radical (unpaired) electrons. The molecule has 0 unspecified atom stereocenters. The van der Waals surface area contributed by atoms with Crippen molar-refractivity contribution in [2.24, 2.45) is 0 Å². The van der Waals surface area contributed by atoms with Crippen LogP contribution in [0.5, 0.6) is 0 Å². The summed E-state index contributed by atoms with van der Waals surface area (Å²) in [6.07, 6.45) is 3.47. The van der Waals surface area contributed by atoms with Crippen LogP contribution in [0.3, 0.4) is 0 Å². The highest BCUT2D eigenvalue weighted by Gasteiger charge is 2.54. The largest absolute Gasteiger partial charge is 0.738 e. The number of hydrogen-bond acceptors (Lipinski definition) is 0. The van der Waals surface area contributed by atoms with E-state index in [-0.39, 0.29) is 5.15 Å². The third-order valence-corrected chi connectivity index (χ3v) is 5.96. The average Bonchev–Trinajstić information content (AvgIpc) is 3.30. The number of halogens is 4. The highest BCUT2D eigenvalue weighted by Crippen LogP contribution is 2.42. The second-order valence-electron chi connectivity index (χ2n) is 7.22.